The van der Waals surface area contributed by atoms with Gasteiger partial charge in [0.1, 0.15) is 0 Å². The molecular weight excluding hydrogens is 532 g/mol. The van der Waals surface area contributed by atoms with Crippen LogP contribution in [0.15, 0.2) is 180 Å². The van der Waals surface area contributed by atoms with E-state index >= 15 is 0 Å². The van der Waals surface area contributed by atoms with Crippen LogP contribution in [0.4, 0.5) is 0 Å². The van der Waals surface area contributed by atoms with Crippen LogP contribution in [0.2, 0.25) is 0 Å². The molecule has 0 atom stereocenters. The van der Waals surface area contributed by atoms with Crippen molar-refractivity contribution in [2.45, 2.75) is 13.8 Å². The van der Waals surface area contributed by atoms with E-state index in [1.54, 1.807) is 0 Å². The highest BCUT2D eigenvalue weighted by atomic mass is 14.9. The molecule has 6 aromatic carbocycles. The van der Waals surface area contributed by atoms with Gasteiger partial charge >= 0.3 is 0 Å². The predicted octanol–water partition coefficient (Wildman–Crippen LogP) is 10.2. The zero-order valence-electron chi connectivity index (χ0n) is 25.1. The van der Waals surface area contributed by atoms with Crippen LogP contribution in [-0.4, -0.2) is 11.4 Å². The molecule has 0 aromatic heterocycles. The van der Waals surface area contributed by atoms with Crippen LogP contribution in [0.3, 0.4) is 0 Å². The minimum Gasteiger partial charge on any atom is -0.245 e. The number of nitrogens with zero attached hydrogens (tertiary/aromatic N) is 2. The number of hydrogen-bond acceptors (Lipinski definition) is 2. The second-order valence-corrected chi connectivity index (χ2v) is 10.8. The molecule has 0 N–H and O–H groups in total. The second-order valence-electron chi connectivity index (χ2n) is 10.8. The number of hydrogen-bond donors (Lipinski definition) is 0. The maximum absolute atomic E-state index is 5.56. The summed E-state index contributed by atoms with van der Waals surface area (Å²) in [5.41, 5.74) is 11.9. The van der Waals surface area contributed by atoms with Crippen LogP contribution >= 0.6 is 0 Å². The Labute approximate surface area is 260 Å². The highest BCUT2D eigenvalue weighted by Crippen LogP contribution is 2.33. The fraction of sp³-hybridized carbons (Fsp3) is 0.0476. The average molecular weight is 567 g/mol. The van der Waals surface area contributed by atoms with Crippen LogP contribution in [0.25, 0.3) is 11.4 Å². The monoisotopic (exact) mass is 566 g/mol. The Balaban J connectivity index is 1.75. The smallest absolute Gasteiger partial charge is 0.0972 e. The van der Waals surface area contributed by atoms with E-state index in [1.807, 2.05) is 24.3 Å². The van der Waals surface area contributed by atoms with Crippen molar-refractivity contribution in [2.24, 2.45) is 9.98 Å². The lowest BCUT2D eigenvalue weighted by Gasteiger charge is -2.16. The summed E-state index contributed by atoms with van der Waals surface area (Å²) in [7, 11) is 0. The Morgan fingerprint density at radius 1 is 0.318 bits per heavy atom. The Morgan fingerprint density at radius 2 is 0.591 bits per heavy atom. The van der Waals surface area contributed by atoms with Crippen molar-refractivity contribution < 1.29 is 0 Å². The molecule has 0 saturated carbocycles. The van der Waals surface area contributed by atoms with E-state index in [0.29, 0.717) is 0 Å². The number of rotatable bonds is 8. The van der Waals surface area contributed by atoms with Crippen LogP contribution in [0.1, 0.15) is 44.5 Å². The second kappa shape index (κ2) is 13.6. The minimum absolute atomic E-state index is 0.811. The molecule has 0 aliphatic rings. The topological polar surface area (TPSA) is 24.7 Å². The van der Waals surface area contributed by atoms with E-state index in [-0.39, 0.29) is 0 Å². The Bertz CT molecular complexity index is 1710. The number of aryl methyl sites for hydroxylation is 2. The van der Waals surface area contributed by atoms with Crippen molar-refractivity contribution in [3.8, 4) is 0 Å². The van der Waals surface area contributed by atoms with Gasteiger partial charge in [0.25, 0.3) is 0 Å². The van der Waals surface area contributed by atoms with E-state index in [4.69, 9.17) is 9.98 Å². The van der Waals surface area contributed by atoms with Crippen molar-refractivity contribution in [2.75, 3.05) is 0 Å². The largest absolute Gasteiger partial charge is 0.245 e. The molecule has 212 valence electrons. The highest BCUT2D eigenvalue weighted by molar-refractivity contribution is 6.18. The third-order valence-corrected chi connectivity index (χ3v) is 7.44. The van der Waals surface area contributed by atoms with Gasteiger partial charge in [0.05, 0.1) is 22.8 Å². The molecule has 44 heavy (non-hydrogen) atoms. The first-order chi connectivity index (χ1) is 21.7. The Kier molecular flexibility index (Phi) is 8.80. The normalized spacial score (nSPS) is 11.3. The average Bonchev–Trinajstić information content (AvgIpc) is 3.08. The summed E-state index contributed by atoms with van der Waals surface area (Å²) in [6.07, 6.45) is 0. The third-order valence-electron chi connectivity index (χ3n) is 7.44. The standard InChI is InChI=1S/C42H34N2/c1-31-17-15-27-37(29-31)41(43-39(33-19-7-3-8-20-33)34-21-9-4-10-22-34)42(38-28-16-18-32(2)30-38)44-40(35-23-11-5-12-24-35)36-25-13-6-14-26-36/h3-30H,1-2H3/b42-41+. The fourth-order valence-corrected chi connectivity index (χ4v) is 5.29. The summed E-state index contributed by atoms with van der Waals surface area (Å²) < 4.78 is 0. The summed E-state index contributed by atoms with van der Waals surface area (Å²) in [4.78, 5) is 11.1. The van der Waals surface area contributed by atoms with E-state index in [2.05, 4.69) is 159 Å². The molecule has 0 aliphatic heterocycles. The summed E-state index contributed by atoms with van der Waals surface area (Å²) in [6.45, 7) is 4.24. The summed E-state index contributed by atoms with van der Waals surface area (Å²) in [5.74, 6) is 0. The molecule has 0 unspecified atom stereocenters. The molecule has 0 amide bonds. The van der Waals surface area contributed by atoms with Crippen molar-refractivity contribution >= 4 is 22.8 Å². The summed E-state index contributed by atoms with van der Waals surface area (Å²) >= 11 is 0. The Morgan fingerprint density at radius 3 is 0.864 bits per heavy atom. The van der Waals surface area contributed by atoms with Crippen LogP contribution in [0, 0.1) is 13.8 Å². The van der Waals surface area contributed by atoms with Gasteiger partial charge in [-0.1, -0.05) is 169 Å². The fourth-order valence-electron chi connectivity index (χ4n) is 5.29. The lowest BCUT2D eigenvalue weighted by molar-refractivity contribution is 1.37. The van der Waals surface area contributed by atoms with Gasteiger partial charge in [-0.25, -0.2) is 9.98 Å². The van der Waals surface area contributed by atoms with Crippen molar-refractivity contribution in [1.82, 2.24) is 0 Å². The van der Waals surface area contributed by atoms with E-state index in [0.717, 1.165) is 67.3 Å². The highest BCUT2D eigenvalue weighted by Gasteiger charge is 2.18. The van der Waals surface area contributed by atoms with Gasteiger partial charge in [-0.15, -0.1) is 0 Å². The van der Waals surface area contributed by atoms with Crippen molar-refractivity contribution in [1.29, 1.82) is 0 Å². The molecule has 6 rings (SSSR count). The molecule has 0 heterocycles. The maximum Gasteiger partial charge on any atom is 0.0972 e. The first-order valence-corrected chi connectivity index (χ1v) is 14.9. The first-order valence-electron chi connectivity index (χ1n) is 14.9. The Hall–Kier alpha value is -5.60. The summed E-state index contributed by atoms with van der Waals surface area (Å²) in [5, 5.41) is 0. The first kappa shape index (κ1) is 28.5. The molecule has 0 spiro atoms. The van der Waals surface area contributed by atoms with Crippen LogP contribution in [-0.2, 0) is 0 Å². The molecule has 0 fully saturated rings. The van der Waals surface area contributed by atoms with Crippen LogP contribution < -0.4 is 0 Å². The van der Waals surface area contributed by atoms with Gasteiger partial charge in [-0.3, -0.25) is 0 Å². The van der Waals surface area contributed by atoms with E-state index in [1.165, 1.54) is 0 Å². The molecular formula is C42H34N2. The number of benzene rings is 6. The van der Waals surface area contributed by atoms with E-state index in [9.17, 15) is 0 Å². The quantitative estimate of drug-likeness (QED) is 0.129. The third kappa shape index (κ3) is 6.72. The molecule has 0 radical (unpaired) electrons. The van der Waals surface area contributed by atoms with Gasteiger partial charge in [-0.2, -0.15) is 0 Å². The zero-order valence-corrected chi connectivity index (χ0v) is 25.1. The van der Waals surface area contributed by atoms with Crippen molar-refractivity contribution in [3.63, 3.8) is 0 Å². The lowest BCUT2D eigenvalue weighted by Crippen LogP contribution is -2.07. The maximum atomic E-state index is 5.56. The van der Waals surface area contributed by atoms with Gasteiger partial charge < -0.3 is 0 Å². The van der Waals surface area contributed by atoms with Crippen molar-refractivity contribution in [3.05, 3.63) is 214 Å². The lowest BCUT2D eigenvalue weighted by atomic mass is 9.98. The SMILES string of the molecule is Cc1cccc(/C(N=C(c2ccccc2)c2ccccc2)=C(\N=C(c2ccccc2)c2ccccc2)c2cccc(C)c2)c1. The van der Waals surface area contributed by atoms with Gasteiger partial charge in [0.15, 0.2) is 0 Å². The predicted molar refractivity (Wildman–Crippen MR) is 186 cm³/mol. The molecule has 0 saturated heterocycles. The molecule has 6 aromatic rings. The van der Waals surface area contributed by atoms with Gasteiger partial charge in [0.2, 0.25) is 0 Å². The zero-order chi connectivity index (χ0) is 30.1. The number of aliphatic imine (C=N–C) groups is 2. The van der Waals surface area contributed by atoms with E-state index < -0.39 is 0 Å². The van der Waals surface area contributed by atoms with Gasteiger partial charge in [-0.05, 0) is 26.0 Å². The van der Waals surface area contributed by atoms with Crippen LogP contribution in [0.5, 0.6) is 0 Å². The van der Waals surface area contributed by atoms with Gasteiger partial charge in [0, 0.05) is 33.4 Å². The molecule has 2 heteroatoms. The molecule has 0 bridgehead atoms. The molecule has 2 nitrogen and oxygen atoms in total. The minimum atomic E-state index is 0.811. The summed E-state index contributed by atoms with van der Waals surface area (Å²) in [6, 6.07) is 58.7. The molecule has 0 aliphatic carbocycles.